The Balaban J connectivity index is 2.03. The van der Waals surface area contributed by atoms with Crippen molar-refractivity contribution in [3.63, 3.8) is 0 Å². The van der Waals surface area contributed by atoms with Crippen molar-refractivity contribution in [1.29, 1.82) is 0 Å². The van der Waals surface area contributed by atoms with Crippen LogP contribution in [-0.4, -0.2) is 23.2 Å². The molecular formula is C14H20N2O3. The maximum atomic E-state index is 10.7. The SMILES string of the molecule is Cc1cc(NCC2(CO)CCCC2)ccc1[N+](=O)[O-]. The summed E-state index contributed by atoms with van der Waals surface area (Å²) in [5.74, 6) is 0. The number of nitrogens with one attached hydrogen (secondary N) is 1. The molecule has 1 aromatic rings. The molecule has 1 aromatic carbocycles. The lowest BCUT2D eigenvalue weighted by atomic mass is 9.87. The topological polar surface area (TPSA) is 75.4 Å². The number of anilines is 1. The molecule has 0 unspecified atom stereocenters. The second-order valence-corrected chi connectivity index (χ2v) is 5.48. The van der Waals surface area contributed by atoms with Crippen LogP contribution in [0.5, 0.6) is 0 Å². The highest BCUT2D eigenvalue weighted by Crippen LogP contribution is 2.37. The molecular weight excluding hydrogens is 244 g/mol. The fourth-order valence-electron chi connectivity index (χ4n) is 2.78. The first-order chi connectivity index (χ1) is 9.06. The highest BCUT2D eigenvalue weighted by Gasteiger charge is 2.32. The summed E-state index contributed by atoms with van der Waals surface area (Å²) in [6, 6.07) is 5.04. The molecule has 2 N–H and O–H groups in total. The number of nitro groups is 1. The highest BCUT2D eigenvalue weighted by molar-refractivity contribution is 5.53. The maximum Gasteiger partial charge on any atom is 0.272 e. The van der Waals surface area contributed by atoms with E-state index in [1.165, 1.54) is 18.9 Å². The molecule has 5 nitrogen and oxygen atoms in total. The molecule has 0 aliphatic heterocycles. The standard InChI is InChI=1S/C14H20N2O3/c1-11-8-12(4-5-13(11)16(18)19)15-9-14(10-17)6-2-3-7-14/h4-5,8,15,17H,2-3,6-7,9-10H2,1H3. The smallest absolute Gasteiger partial charge is 0.272 e. The Bertz CT molecular complexity index is 468. The van der Waals surface area contributed by atoms with Gasteiger partial charge in [0.15, 0.2) is 0 Å². The van der Waals surface area contributed by atoms with Crippen LogP contribution in [0.2, 0.25) is 0 Å². The van der Waals surface area contributed by atoms with Crippen molar-refractivity contribution >= 4 is 11.4 Å². The normalized spacial score (nSPS) is 17.4. The van der Waals surface area contributed by atoms with E-state index in [1.54, 1.807) is 19.1 Å². The molecule has 1 aliphatic carbocycles. The minimum absolute atomic E-state index is 0.0182. The number of nitrogens with zero attached hydrogens (tertiary/aromatic N) is 1. The summed E-state index contributed by atoms with van der Waals surface area (Å²) in [5.41, 5.74) is 1.65. The van der Waals surface area contributed by atoms with E-state index in [1.807, 2.05) is 0 Å². The first-order valence-electron chi connectivity index (χ1n) is 6.66. The molecule has 2 rings (SSSR count). The van der Waals surface area contributed by atoms with Gasteiger partial charge in [0.2, 0.25) is 0 Å². The van der Waals surface area contributed by atoms with Crippen molar-refractivity contribution in [2.45, 2.75) is 32.6 Å². The number of hydrogen-bond acceptors (Lipinski definition) is 4. The predicted octanol–water partition coefficient (Wildman–Crippen LogP) is 2.87. The Hall–Kier alpha value is -1.62. The third-order valence-corrected chi connectivity index (χ3v) is 4.06. The molecule has 19 heavy (non-hydrogen) atoms. The van der Waals surface area contributed by atoms with Gasteiger partial charge in [0, 0.05) is 29.3 Å². The summed E-state index contributed by atoms with van der Waals surface area (Å²) in [5, 5.41) is 23.6. The first kappa shape index (κ1) is 13.8. The van der Waals surface area contributed by atoms with Crippen LogP contribution < -0.4 is 5.32 Å². The van der Waals surface area contributed by atoms with Crippen LogP contribution in [0, 0.1) is 22.5 Å². The molecule has 0 amide bonds. The molecule has 1 saturated carbocycles. The average Bonchev–Trinajstić information content (AvgIpc) is 2.85. The Kier molecular flexibility index (Phi) is 4.04. The molecule has 0 bridgehead atoms. The third kappa shape index (κ3) is 3.04. The fraction of sp³-hybridized carbons (Fsp3) is 0.571. The van der Waals surface area contributed by atoms with E-state index in [2.05, 4.69) is 5.32 Å². The molecule has 1 fully saturated rings. The third-order valence-electron chi connectivity index (χ3n) is 4.06. The van der Waals surface area contributed by atoms with Gasteiger partial charge in [-0.1, -0.05) is 12.8 Å². The van der Waals surface area contributed by atoms with Crippen LogP contribution in [0.3, 0.4) is 0 Å². The fourth-order valence-corrected chi connectivity index (χ4v) is 2.78. The lowest BCUT2D eigenvalue weighted by Crippen LogP contribution is -2.30. The van der Waals surface area contributed by atoms with Gasteiger partial charge in [-0.3, -0.25) is 10.1 Å². The molecule has 1 aliphatic rings. The van der Waals surface area contributed by atoms with Gasteiger partial charge in [0.25, 0.3) is 5.69 Å². The number of benzene rings is 1. The zero-order chi connectivity index (χ0) is 13.9. The summed E-state index contributed by atoms with van der Waals surface area (Å²) < 4.78 is 0. The van der Waals surface area contributed by atoms with Crippen LogP contribution in [0.4, 0.5) is 11.4 Å². The van der Waals surface area contributed by atoms with E-state index >= 15 is 0 Å². The highest BCUT2D eigenvalue weighted by atomic mass is 16.6. The molecule has 5 heteroatoms. The zero-order valence-electron chi connectivity index (χ0n) is 11.2. The van der Waals surface area contributed by atoms with Crippen LogP contribution in [0.1, 0.15) is 31.2 Å². The Morgan fingerprint density at radius 1 is 1.42 bits per heavy atom. The Morgan fingerprint density at radius 2 is 2.11 bits per heavy atom. The second-order valence-electron chi connectivity index (χ2n) is 5.48. The average molecular weight is 264 g/mol. The largest absolute Gasteiger partial charge is 0.396 e. The predicted molar refractivity (Wildman–Crippen MR) is 74.3 cm³/mol. The van der Waals surface area contributed by atoms with Gasteiger partial charge in [0.1, 0.15) is 0 Å². The van der Waals surface area contributed by atoms with Gasteiger partial charge in [-0.2, -0.15) is 0 Å². The van der Waals surface area contributed by atoms with E-state index in [4.69, 9.17) is 0 Å². The molecule has 0 aromatic heterocycles. The van der Waals surface area contributed by atoms with Crippen LogP contribution >= 0.6 is 0 Å². The molecule has 0 atom stereocenters. The minimum Gasteiger partial charge on any atom is -0.396 e. The quantitative estimate of drug-likeness (QED) is 0.633. The van der Waals surface area contributed by atoms with E-state index in [0.717, 1.165) is 25.1 Å². The van der Waals surface area contributed by atoms with Crippen LogP contribution in [0.25, 0.3) is 0 Å². The maximum absolute atomic E-state index is 10.7. The number of hydrogen-bond donors (Lipinski definition) is 2. The van der Waals surface area contributed by atoms with Gasteiger partial charge in [-0.05, 0) is 31.9 Å². The van der Waals surface area contributed by atoms with Gasteiger partial charge in [-0.25, -0.2) is 0 Å². The Labute approximate surface area is 112 Å². The summed E-state index contributed by atoms with van der Waals surface area (Å²) in [4.78, 5) is 10.4. The number of aliphatic hydroxyl groups is 1. The minimum atomic E-state index is -0.370. The summed E-state index contributed by atoms with van der Waals surface area (Å²) in [7, 11) is 0. The Morgan fingerprint density at radius 3 is 2.63 bits per heavy atom. The van der Waals surface area contributed by atoms with Gasteiger partial charge in [-0.15, -0.1) is 0 Å². The number of rotatable bonds is 5. The van der Waals surface area contributed by atoms with Crippen LogP contribution in [-0.2, 0) is 0 Å². The van der Waals surface area contributed by atoms with E-state index in [-0.39, 0.29) is 22.6 Å². The second kappa shape index (κ2) is 5.57. The number of aliphatic hydroxyl groups excluding tert-OH is 1. The van der Waals surface area contributed by atoms with Crippen molar-refractivity contribution < 1.29 is 10.0 Å². The van der Waals surface area contributed by atoms with E-state index in [0.29, 0.717) is 5.56 Å². The lowest BCUT2D eigenvalue weighted by Gasteiger charge is -2.27. The van der Waals surface area contributed by atoms with Gasteiger partial charge < -0.3 is 10.4 Å². The zero-order valence-corrected chi connectivity index (χ0v) is 11.2. The van der Waals surface area contributed by atoms with E-state index < -0.39 is 0 Å². The summed E-state index contributed by atoms with van der Waals surface area (Å²) in [6.45, 7) is 2.66. The molecule has 104 valence electrons. The summed E-state index contributed by atoms with van der Waals surface area (Å²) in [6.07, 6.45) is 4.42. The molecule has 0 radical (unpaired) electrons. The van der Waals surface area contributed by atoms with Gasteiger partial charge >= 0.3 is 0 Å². The lowest BCUT2D eigenvalue weighted by molar-refractivity contribution is -0.385. The number of nitro benzene ring substituents is 1. The van der Waals surface area contributed by atoms with Crippen molar-refractivity contribution in [3.8, 4) is 0 Å². The van der Waals surface area contributed by atoms with Crippen molar-refractivity contribution in [3.05, 3.63) is 33.9 Å². The monoisotopic (exact) mass is 264 g/mol. The van der Waals surface area contributed by atoms with Crippen LogP contribution in [0.15, 0.2) is 18.2 Å². The van der Waals surface area contributed by atoms with Crippen molar-refractivity contribution in [2.24, 2.45) is 5.41 Å². The molecule has 0 saturated heterocycles. The summed E-state index contributed by atoms with van der Waals surface area (Å²) >= 11 is 0. The number of aryl methyl sites for hydroxylation is 1. The van der Waals surface area contributed by atoms with Crippen molar-refractivity contribution in [2.75, 3.05) is 18.5 Å². The van der Waals surface area contributed by atoms with E-state index in [9.17, 15) is 15.2 Å². The van der Waals surface area contributed by atoms with Crippen molar-refractivity contribution in [1.82, 2.24) is 0 Å². The molecule has 0 spiro atoms. The molecule has 0 heterocycles. The van der Waals surface area contributed by atoms with Gasteiger partial charge in [0.05, 0.1) is 11.5 Å². The first-order valence-corrected chi connectivity index (χ1v) is 6.66.